The van der Waals surface area contributed by atoms with Crippen LogP contribution in [0.4, 0.5) is 9.93 Å². The first kappa shape index (κ1) is 25.6. The topological polar surface area (TPSA) is 106 Å². The molecule has 0 bridgehead atoms. The lowest BCUT2D eigenvalue weighted by Gasteiger charge is -2.27. The van der Waals surface area contributed by atoms with Gasteiger partial charge in [-0.3, -0.25) is 4.79 Å². The quantitative estimate of drug-likeness (QED) is 0.338. The molecule has 0 radical (unpaired) electrons. The van der Waals surface area contributed by atoms with Gasteiger partial charge in [0, 0.05) is 17.4 Å². The molecule has 1 saturated carbocycles. The normalized spacial score (nSPS) is 18.7. The van der Waals surface area contributed by atoms with Crippen LogP contribution >= 0.6 is 23.1 Å². The van der Waals surface area contributed by atoms with Crippen molar-refractivity contribution in [3.05, 3.63) is 24.0 Å². The second-order valence-electron chi connectivity index (χ2n) is 9.31. The summed E-state index contributed by atoms with van der Waals surface area (Å²) in [6.07, 6.45) is 8.07. The van der Waals surface area contributed by atoms with E-state index >= 15 is 0 Å². The van der Waals surface area contributed by atoms with Crippen molar-refractivity contribution in [1.29, 1.82) is 0 Å². The fourth-order valence-electron chi connectivity index (χ4n) is 3.47. The highest BCUT2D eigenvalue weighted by atomic mass is 32.2. The van der Waals surface area contributed by atoms with Crippen molar-refractivity contribution < 1.29 is 18.7 Å². The molecule has 2 amide bonds. The Labute approximate surface area is 203 Å². The van der Waals surface area contributed by atoms with Crippen molar-refractivity contribution in [2.24, 2.45) is 5.92 Å². The van der Waals surface area contributed by atoms with E-state index in [1.807, 2.05) is 0 Å². The summed E-state index contributed by atoms with van der Waals surface area (Å²) in [5, 5.41) is 6.46. The summed E-state index contributed by atoms with van der Waals surface area (Å²) in [6.45, 7) is 8.78. The lowest BCUT2D eigenvalue weighted by atomic mass is 9.85. The number of nitrogens with zero attached hydrogens (tertiary/aromatic N) is 2. The zero-order chi connectivity index (χ0) is 23.8. The Kier molecular flexibility index (Phi) is 9.19. The van der Waals surface area contributed by atoms with E-state index in [-0.39, 0.29) is 29.4 Å². The molecule has 3 rings (SSSR count). The molecule has 1 fully saturated rings. The minimum absolute atomic E-state index is 0.00704. The van der Waals surface area contributed by atoms with E-state index in [1.54, 1.807) is 24.2 Å². The molecule has 1 aliphatic carbocycles. The minimum Gasteiger partial charge on any atom is -0.450 e. The van der Waals surface area contributed by atoms with Crippen LogP contribution in [-0.4, -0.2) is 34.6 Å². The predicted molar refractivity (Wildman–Crippen MR) is 131 cm³/mol. The summed E-state index contributed by atoms with van der Waals surface area (Å²) in [7, 11) is 0. The van der Waals surface area contributed by atoms with Gasteiger partial charge in [-0.15, -0.1) is 11.8 Å². The van der Waals surface area contributed by atoms with Gasteiger partial charge in [0.1, 0.15) is 5.76 Å². The molecule has 0 unspecified atom stereocenters. The van der Waals surface area contributed by atoms with Gasteiger partial charge in [0.25, 0.3) is 0 Å². The number of amides is 2. The van der Waals surface area contributed by atoms with Crippen molar-refractivity contribution >= 4 is 40.2 Å². The summed E-state index contributed by atoms with van der Waals surface area (Å²) in [5.41, 5.74) is -0.0645. The summed E-state index contributed by atoms with van der Waals surface area (Å²) >= 11 is 3.04. The van der Waals surface area contributed by atoms with E-state index in [2.05, 4.69) is 48.3 Å². The van der Waals surface area contributed by atoms with E-state index in [4.69, 9.17) is 9.15 Å². The molecule has 0 atom stereocenters. The molecule has 2 aromatic rings. The Morgan fingerprint density at radius 1 is 1.21 bits per heavy atom. The molecule has 33 heavy (non-hydrogen) atoms. The van der Waals surface area contributed by atoms with Crippen molar-refractivity contribution in [3.8, 4) is 0 Å². The maximum atomic E-state index is 12.7. The first-order valence-corrected chi connectivity index (χ1v) is 13.3. The van der Waals surface area contributed by atoms with Gasteiger partial charge in [-0.05, 0) is 32.1 Å². The fraction of sp³-hybridized carbons (Fsp3) is 0.652. The molecular weight excluding hydrogens is 460 g/mol. The maximum absolute atomic E-state index is 12.7. The smallest absolute Gasteiger partial charge is 0.407 e. The van der Waals surface area contributed by atoms with Crippen LogP contribution in [0.2, 0.25) is 0 Å². The maximum Gasteiger partial charge on any atom is 0.407 e. The van der Waals surface area contributed by atoms with Crippen LogP contribution in [-0.2, 0) is 20.7 Å². The molecular formula is C23H34N4O4S2. The van der Waals surface area contributed by atoms with Gasteiger partial charge >= 0.3 is 6.09 Å². The predicted octanol–water partition coefficient (Wildman–Crippen LogP) is 5.74. The van der Waals surface area contributed by atoms with Gasteiger partial charge in [-0.1, -0.05) is 45.5 Å². The van der Waals surface area contributed by atoms with Gasteiger partial charge in [-0.2, -0.15) is 0 Å². The molecule has 0 aliphatic heterocycles. The summed E-state index contributed by atoms with van der Waals surface area (Å²) in [4.78, 5) is 33.2. The molecule has 0 aromatic carbocycles. The SMILES string of the molecule is CCCCOC(=O)NC1CCC(C(=O)Nc2ncc(SCc3ncc(C(C)(C)C)o3)s2)CC1. The Morgan fingerprint density at radius 3 is 2.64 bits per heavy atom. The van der Waals surface area contributed by atoms with E-state index < -0.39 is 0 Å². The zero-order valence-corrected chi connectivity index (χ0v) is 21.4. The standard InChI is InChI=1S/C23H34N4O4S2/c1-5-6-11-30-22(29)26-16-9-7-15(8-10-16)20(28)27-21-25-13-19(33-21)32-14-18-24-12-17(31-18)23(2,3)4/h12-13,15-16H,5-11,14H2,1-4H3,(H,26,29)(H,25,27,28). The van der Waals surface area contributed by atoms with Crippen molar-refractivity contribution in [1.82, 2.24) is 15.3 Å². The van der Waals surface area contributed by atoms with Crippen LogP contribution in [0.3, 0.4) is 0 Å². The average Bonchev–Trinajstić information content (AvgIpc) is 3.42. The Morgan fingerprint density at radius 2 is 1.97 bits per heavy atom. The van der Waals surface area contributed by atoms with Gasteiger partial charge in [-0.25, -0.2) is 14.8 Å². The molecule has 2 aromatic heterocycles. The van der Waals surface area contributed by atoms with Crippen molar-refractivity contribution in [2.75, 3.05) is 11.9 Å². The van der Waals surface area contributed by atoms with Crippen LogP contribution in [0.1, 0.15) is 77.9 Å². The third-order valence-electron chi connectivity index (χ3n) is 5.50. The van der Waals surface area contributed by atoms with E-state index in [0.717, 1.165) is 48.5 Å². The molecule has 2 N–H and O–H groups in total. The Hall–Kier alpha value is -2.07. The van der Waals surface area contributed by atoms with Gasteiger partial charge < -0.3 is 19.8 Å². The molecule has 0 spiro atoms. The number of unbranched alkanes of at least 4 members (excludes halogenated alkanes) is 1. The Bertz CT molecular complexity index is 914. The van der Waals surface area contributed by atoms with Crippen LogP contribution in [0.25, 0.3) is 0 Å². The second kappa shape index (κ2) is 11.9. The lowest BCUT2D eigenvalue weighted by Crippen LogP contribution is -2.39. The number of nitrogens with one attached hydrogen (secondary N) is 2. The molecule has 1 aliphatic rings. The highest BCUT2D eigenvalue weighted by molar-refractivity contribution is 8.00. The average molecular weight is 495 g/mol. The number of aromatic nitrogens is 2. The number of rotatable bonds is 9. The number of thioether (sulfide) groups is 1. The van der Waals surface area contributed by atoms with Gasteiger partial charge in [0.15, 0.2) is 5.13 Å². The number of thiazole rings is 1. The number of carbonyl (C=O) groups excluding carboxylic acids is 2. The third-order valence-corrected chi connectivity index (χ3v) is 7.59. The molecule has 182 valence electrons. The van der Waals surface area contributed by atoms with Crippen LogP contribution < -0.4 is 10.6 Å². The monoisotopic (exact) mass is 494 g/mol. The largest absolute Gasteiger partial charge is 0.450 e. The molecule has 10 heteroatoms. The van der Waals surface area contributed by atoms with Crippen LogP contribution in [0, 0.1) is 5.92 Å². The lowest BCUT2D eigenvalue weighted by molar-refractivity contribution is -0.120. The summed E-state index contributed by atoms with van der Waals surface area (Å²) < 4.78 is 12.0. The number of hydrogen-bond acceptors (Lipinski definition) is 8. The van der Waals surface area contributed by atoms with Crippen molar-refractivity contribution in [2.45, 2.75) is 87.6 Å². The van der Waals surface area contributed by atoms with E-state index in [0.29, 0.717) is 23.4 Å². The highest BCUT2D eigenvalue weighted by Gasteiger charge is 2.28. The summed E-state index contributed by atoms with van der Waals surface area (Å²) in [5.74, 6) is 2.09. The van der Waals surface area contributed by atoms with Gasteiger partial charge in [0.2, 0.25) is 11.8 Å². The fourth-order valence-corrected chi connectivity index (χ4v) is 5.19. The van der Waals surface area contributed by atoms with E-state index in [9.17, 15) is 9.59 Å². The number of alkyl carbamates (subject to hydrolysis) is 1. The second-order valence-corrected chi connectivity index (χ2v) is 11.6. The zero-order valence-electron chi connectivity index (χ0n) is 19.8. The first-order valence-electron chi connectivity index (χ1n) is 11.5. The third kappa shape index (κ3) is 8.03. The molecule has 0 saturated heterocycles. The first-order chi connectivity index (χ1) is 15.7. The number of oxazole rings is 1. The number of carbonyl (C=O) groups is 2. The minimum atomic E-state index is -0.358. The van der Waals surface area contributed by atoms with Crippen molar-refractivity contribution in [3.63, 3.8) is 0 Å². The molecule has 8 nitrogen and oxygen atoms in total. The Balaban J connectivity index is 1.39. The highest BCUT2D eigenvalue weighted by Crippen LogP contribution is 2.33. The van der Waals surface area contributed by atoms with Crippen LogP contribution in [0.5, 0.6) is 0 Å². The molecule has 2 heterocycles. The number of anilines is 1. The number of hydrogen-bond donors (Lipinski definition) is 2. The van der Waals surface area contributed by atoms with Crippen LogP contribution in [0.15, 0.2) is 21.0 Å². The summed E-state index contributed by atoms with van der Waals surface area (Å²) in [6, 6.07) is 0.0695. The van der Waals surface area contributed by atoms with E-state index in [1.165, 1.54) is 11.3 Å². The van der Waals surface area contributed by atoms with Gasteiger partial charge in [0.05, 0.1) is 29.0 Å². The number of ether oxygens (including phenoxy) is 1.